The minimum Gasteiger partial charge on any atom is -0.506 e. The van der Waals surface area contributed by atoms with E-state index in [0.717, 1.165) is 12.8 Å². The lowest BCUT2D eigenvalue weighted by Gasteiger charge is -2.18. The first-order valence-corrected chi connectivity index (χ1v) is 9.90. The van der Waals surface area contributed by atoms with E-state index in [-0.39, 0.29) is 29.6 Å². The summed E-state index contributed by atoms with van der Waals surface area (Å²) >= 11 is 0. The summed E-state index contributed by atoms with van der Waals surface area (Å²) < 4.78 is 16.4. The summed E-state index contributed by atoms with van der Waals surface area (Å²) in [4.78, 5) is 26.4. The summed E-state index contributed by atoms with van der Waals surface area (Å²) in [6, 6.07) is 5.18. The molecule has 0 aliphatic heterocycles. The second kappa shape index (κ2) is 9.86. The van der Waals surface area contributed by atoms with Crippen molar-refractivity contribution in [3.63, 3.8) is 0 Å². The SMILES string of the molecule is CCCCc1[nH]c(=O)c(-c2nnc(CNC(=O)O)o2)c(O)c1-c1c(OC)cccc1OC. The zero-order valence-electron chi connectivity index (χ0n) is 17.9. The third-order valence-electron chi connectivity index (χ3n) is 4.80. The van der Waals surface area contributed by atoms with Crippen LogP contribution in [-0.4, -0.2) is 45.7 Å². The Bertz CT molecular complexity index is 1150. The van der Waals surface area contributed by atoms with Gasteiger partial charge in [0.2, 0.25) is 5.89 Å². The van der Waals surface area contributed by atoms with Gasteiger partial charge >= 0.3 is 6.09 Å². The van der Waals surface area contributed by atoms with Crippen molar-refractivity contribution in [2.45, 2.75) is 32.7 Å². The number of rotatable bonds is 9. The number of carbonyl (C=O) groups is 1. The van der Waals surface area contributed by atoms with Crippen LogP contribution in [0.15, 0.2) is 27.4 Å². The molecule has 0 radical (unpaired) electrons. The summed E-state index contributed by atoms with van der Waals surface area (Å²) in [6.07, 6.45) is 0.867. The van der Waals surface area contributed by atoms with Crippen LogP contribution in [0.3, 0.4) is 0 Å². The number of nitrogens with zero attached hydrogens (tertiary/aromatic N) is 2. The van der Waals surface area contributed by atoms with Crippen LogP contribution in [-0.2, 0) is 13.0 Å². The predicted molar refractivity (Wildman–Crippen MR) is 114 cm³/mol. The first-order valence-electron chi connectivity index (χ1n) is 9.90. The zero-order chi connectivity index (χ0) is 23.3. The van der Waals surface area contributed by atoms with E-state index in [4.69, 9.17) is 19.0 Å². The first-order chi connectivity index (χ1) is 15.4. The van der Waals surface area contributed by atoms with Crippen LogP contribution in [0.5, 0.6) is 17.2 Å². The fourth-order valence-corrected chi connectivity index (χ4v) is 3.32. The van der Waals surface area contributed by atoms with E-state index in [9.17, 15) is 14.7 Å². The average Bonchev–Trinajstić information content (AvgIpc) is 3.24. The molecule has 4 N–H and O–H groups in total. The molecular weight excluding hydrogens is 420 g/mol. The van der Waals surface area contributed by atoms with Gasteiger partial charge in [0.25, 0.3) is 11.4 Å². The number of benzene rings is 1. The molecule has 0 aliphatic rings. The number of nitrogens with one attached hydrogen (secondary N) is 2. The highest BCUT2D eigenvalue weighted by Gasteiger charge is 2.27. The molecule has 1 aromatic carbocycles. The van der Waals surface area contributed by atoms with Gasteiger partial charge in [0.1, 0.15) is 22.8 Å². The molecule has 3 rings (SSSR count). The van der Waals surface area contributed by atoms with Crippen molar-refractivity contribution in [3.05, 3.63) is 40.1 Å². The molecule has 0 saturated carbocycles. The zero-order valence-corrected chi connectivity index (χ0v) is 17.9. The summed E-state index contributed by atoms with van der Waals surface area (Å²) in [5.74, 6) is 0.194. The molecule has 0 fully saturated rings. The lowest BCUT2D eigenvalue weighted by Crippen LogP contribution is -2.20. The molecule has 1 amide bonds. The quantitative estimate of drug-likeness (QED) is 0.389. The highest BCUT2D eigenvalue weighted by molar-refractivity contribution is 5.86. The number of aromatic hydroxyl groups is 1. The number of amides is 1. The van der Waals surface area contributed by atoms with Gasteiger partial charge < -0.3 is 34.4 Å². The molecule has 11 nitrogen and oxygen atoms in total. The van der Waals surface area contributed by atoms with E-state index in [1.54, 1.807) is 18.2 Å². The van der Waals surface area contributed by atoms with Crippen molar-refractivity contribution in [2.24, 2.45) is 0 Å². The lowest BCUT2D eigenvalue weighted by atomic mass is 9.96. The van der Waals surface area contributed by atoms with Crippen molar-refractivity contribution >= 4 is 6.09 Å². The van der Waals surface area contributed by atoms with Crippen molar-refractivity contribution in [3.8, 4) is 39.8 Å². The number of aromatic nitrogens is 3. The molecule has 2 heterocycles. The molecule has 0 aliphatic carbocycles. The summed E-state index contributed by atoms with van der Waals surface area (Å²) in [7, 11) is 2.99. The number of hydrogen-bond donors (Lipinski definition) is 4. The van der Waals surface area contributed by atoms with Crippen molar-refractivity contribution in [1.29, 1.82) is 0 Å². The Morgan fingerprint density at radius 2 is 1.84 bits per heavy atom. The molecule has 0 bridgehead atoms. The standard InChI is InChI=1S/C21H24N4O7/c1-4-5-7-11-15(16-12(30-2)8-6-9-13(16)31-3)18(26)17(19(27)23-11)20-25-24-14(32-20)10-22-21(28)29/h6,8-9,22H,4-5,7,10H2,1-3H3,(H,28,29)(H2,23,26,27). The molecular formula is C21H24N4O7. The molecule has 0 atom stereocenters. The minimum atomic E-state index is -1.27. The van der Waals surface area contributed by atoms with Crippen LogP contribution in [0.1, 0.15) is 31.4 Å². The van der Waals surface area contributed by atoms with Gasteiger partial charge in [-0.25, -0.2) is 4.79 Å². The van der Waals surface area contributed by atoms with Gasteiger partial charge in [-0.3, -0.25) is 4.79 Å². The van der Waals surface area contributed by atoms with Crippen molar-refractivity contribution in [1.82, 2.24) is 20.5 Å². The summed E-state index contributed by atoms with van der Waals surface area (Å²) in [6.45, 7) is 1.77. The minimum absolute atomic E-state index is 0.0623. The van der Waals surface area contributed by atoms with Gasteiger partial charge in [-0.15, -0.1) is 10.2 Å². The van der Waals surface area contributed by atoms with Gasteiger partial charge in [0, 0.05) is 5.69 Å². The molecule has 2 aromatic heterocycles. The maximum atomic E-state index is 12.9. The second-order valence-corrected chi connectivity index (χ2v) is 6.83. The Morgan fingerprint density at radius 3 is 2.44 bits per heavy atom. The number of methoxy groups -OCH3 is 2. The maximum Gasteiger partial charge on any atom is 0.405 e. The van der Waals surface area contributed by atoms with Gasteiger partial charge in [0.05, 0.1) is 31.9 Å². The van der Waals surface area contributed by atoms with Gasteiger partial charge in [-0.2, -0.15) is 0 Å². The van der Waals surface area contributed by atoms with E-state index >= 15 is 0 Å². The van der Waals surface area contributed by atoms with Crippen LogP contribution in [0, 0.1) is 0 Å². The van der Waals surface area contributed by atoms with E-state index in [1.165, 1.54) is 14.2 Å². The number of carboxylic acid groups (broad SMARTS) is 1. The number of hydrogen-bond acceptors (Lipinski definition) is 8. The maximum absolute atomic E-state index is 12.9. The summed E-state index contributed by atoms with van der Waals surface area (Å²) in [5, 5.41) is 29.6. The monoisotopic (exact) mass is 444 g/mol. The molecule has 170 valence electrons. The highest BCUT2D eigenvalue weighted by atomic mass is 16.5. The highest BCUT2D eigenvalue weighted by Crippen LogP contribution is 2.46. The number of aryl methyl sites for hydroxylation is 1. The third-order valence-corrected chi connectivity index (χ3v) is 4.80. The number of aromatic amines is 1. The molecule has 3 aromatic rings. The third kappa shape index (κ3) is 4.51. The second-order valence-electron chi connectivity index (χ2n) is 6.83. The Labute approximate surface area is 183 Å². The van der Waals surface area contributed by atoms with Crippen molar-refractivity contribution in [2.75, 3.05) is 14.2 Å². The van der Waals surface area contributed by atoms with E-state index in [2.05, 4.69) is 20.5 Å². The molecule has 0 unspecified atom stereocenters. The number of H-pyrrole nitrogens is 1. The number of pyridine rings is 1. The predicted octanol–water partition coefficient (Wildman–Crippen LogP) is 2.92. The van der Waals surface area contributed by atoms with Crippen LogP contribution in [0.4, 0.5) is 4.79 Å². The average molecular weight is 444 g/mol. The molecule has 32 heavy (non-hydrogen) atoms. The molecule has 0 spiro atoms. The van der Waals surface area contributed by atoms with E-state index in [0.29, 0.717) is 34.7 Å². The lowest BCUT2D eigenvalue weighted by molar-refractivity contribution is 0.192. The Balaban J connectivity index is 2.24. The van der Waals surface area contributed by atoms with Gasteiger partial charge in [-0.1, -0.05) is 19.4 Å². The van der Waals surface area contributed by atoms with Crippen LogP contribution < -0.4 is 20.3 Å². The van der Waals surface area contributed by atoms with E-state index < -0.39 is 11.7 Å². The van der Waals surface area contributed by atoms with Gasteiger partial charge in [-0.05, 0) is 25.0 Å². The molecule has 11 heteroatoms. The number of ether oxygens (including phenoxy) is 2. The van der Waals surface area contributed by atoms with Gasteiger partial charge in [0.15, 0.2) is 0 Å². The van der Waals surface area contributed by atoms with Crippen LogP contribution >= 0.6 is 0 Å². The Kier molecular flexibility index (Phi) is 6.98. The normalized spacial score (nSPS) is 10.7. The Hall–Kier alpha value is -4.02. The smallest absolute Gasteiger partial charge is 0.405 e. The fraction of sp³-hybridized carbons (Fsp3) is 0.333. The van der Waals surface area contributed by atoms with Crippen LogP contribution in [0.2, 0.25) is 0 Å². The topological polar surface area (TPSA) is 160 Å². The summed E-state index contributed by atoms with van der Waals surface area (Å²) in [5.41, 5.74) is 0.444. The van der Waals surface area contributed by atoms with Crippen molar-refractivity contribution < 1.29 is 28.9 Å². The largest absolute Gasteiger partial charge is 0.506 e. The number of unbranched alkanes of at least 4 members (excludes halogenated alkanes) is 1. The van der Waals surface area contributed by atoms with Crippen LogP contribution in [0.25, 0.3) is 22.6 Å². The van der Waals surface area contributed by atoms with E-state index in [1.807, 2.05) is 6.92 Å². The Morgan fingerprint density at radius 1 is 1.16 bits per heavy atom. The first kappa shape index (κ1) is 22.7. The fourth-order valence-electron chi connectivity index (χ4n) is 3.32. The molecule has 0 saturated heterocycles.